The Morgan fingerprint density at radius 2 is 1.90 bits per heavy atom. The van der Waals surface area contributed by atoms with E-state index in [9.17, 15) is 4.39 Å². The van der Waals surface area contributed by atoms with Gasteiger partial charge < -0.3 is 0 Å². The summed E-state index contributed by atoms with van der Waals surface area (Å²) in [6, 6.07) is 12.8. The highest BCUT2D eigenvalue weighted by atomic mass is 35.5. The Kier molecular flexibility index (Phi) is 5.74. The fourth-order valence-electron chi connectivity index (χ4n) is 2.41. The van der Waals surface area contributed by atoms with E-state index in [-0.39, 0.29) is 11.9 Å². The normalized spacial score (nSPS) is 12.4. The summed E-state index contributed by atoms with van der Waals surface area (Å²) in [5.41, 5.74) is 5.55. The van der Waals surface area contributed by atoms with Crippen LogP contribution in [0.2, 0.25) is 5.02 Å². The van der Waals surface area contributed by atoms with Crippen molar-refractivity contribution < 1.29 is 4.39 Å². The van der Waals surface area contributed by atoms with E-state index in [1.807, 2.05) is 12.1 Å². The first kappa shape index (κ1) is 16.0. The first-order valence-corrected chi connectivity index (χ1v) is 7.51. The van der Waals surface area contributed by atoms with Gasteiger partial charge >= 0.3 is 0 Å². The topological polar surface area (TPSA) is 38.0 Å². The number of rotatable bonds is 6. The second-order valence-electron chi connectivity index (χ2n) is 5.12. The molecule has 3 N–H and O–H groups in total. The quantitative estimate of drug-likeness (QED) is 0.620. The molecule has 1 atom stereocenters. The molecule has 2 aromatic carbocycles. The monoisotopic (exact) mass is 306 g/mol. The number of halogens is 2. The molecule has 2 nitrogen and oxygen atoms in total. The van der Waals surface area contributed by atoms with Gasteiger partial charge in [-0.25, -0.2) is 4.39 Å². The van der Waals surface area contributed by atoms with E-state index in [4.69, 9.17) is 17.4 Å². The molecule has 0 aliphatic rings. The summed E-state index contributed by atoms with van der Waals surface area (Å²) >= 11 is 6.08. The molecule has 21 heavy (non-hydrogen) atoms. The maximum atomic E-state index is 13.9. The van der Waals surface area contributed by atoms with E-state index in [2.05, 4.69) is 24.5 Å². The van der Waals surface area contributed by atoms with Crippen LogP contribution < -0.4 is 11.3 Å². The number of nitrogens with one attached hydrogen (secondary N) is 1. The maximum Gasteiger partial charge on any atom is 0.127 e. The van der Waals surface area contributed by atoms with Crippen LogP contribution in [0.25, 0.3) is 0 Å². The van der Waals surface area contributed by atoms with Crippen molar-refractivity contribution in [1.29, 1.82) is 0 Å². The van der Waals surface area contributed by atoms with Gasteiger partial charge in [0.15, 0.2) is 0 Å². The van der Waals surface area contributed by atoms with Gasteiger partial charge in [-0.2, -0.15) is 0 Å². The van der Waals surface area contributed by atoms with Gasteiger partial charge in [-0.05, 0) is 36.1 Å². The molecule has 0 radical (unpaired) electrons. The van der Waals surface area contributed by atoms with Crippen LogP contribution in [0.5, 0.6) is 0 Å². The third-order valence-electron chi connectivity index (χ3n) is 3.59. The van der Waals surface area contributed by atoms with Gasteiger partial charge in [0.05, 0.1) is 6.04 Å². The number of hydrazine groups is 1. The summed E-state index contributed by atoms with van der Waals surface area (Å²) in [7, 11) is 0. The molecule has 0 amide bonds. The van der Waals surface area contributed by atoms with Gasteiger partial charge in [0, 0.05) is 10.6 Å². The van der Waals surface area contributed by atoms with Crippen LogP contribution in [0.4, 0.5) is 4.39 Å². The van der Waals surface area contributed by atoms with Gasteiger partial charge in [-0.15, -0.1) is 0 Å². The standard InChI is InChI=1S/C17H20ClFN2/c1-2-4-12-7-9-13(10-8-12)17(21-20)11-14-15(18)5-3-6-16(14)19/h3,5-10,17,21H,2,4,11,20H2,1H3. The maximum absolute atomic E-state index is 13.9. The van der Waals surface area contributed by atoms with E-state index >= 15 is 0 Å². The molecule has 0 spiro atoms. The van der Waals surface area contributed by atoms with Crippen molar-refractivity contribution in [3.8, 4) is 0 Å². The average Bonchev–Trinajstić information content (AvgIpc) is 2.49. The lowest BCUT2D eigenvalue weighted by molar-refractivity contribution is 0.529. The zero-order valence-electron chi connectivity index (χ0n) is 12.1. The van der Waals surface area contributed by atoms with Gasteiger partial charge in [-0.1, -0.05) is 55.3 Å². The first-order chi connectivity index (χ1) is 10.2. The smallest absolute Gasteiger partial charge is 0.127 e. The van der Waals surface area contributed by atoms with Crippen molar-refractivity contribution in [2.24, 2.45) is 5.84 Å². The van der Waals surface area contributed by atoms with Crippen LogP contribution in [0.15, 0.2) is 42.5 Å². The van der Waals surface area contributed by atoms with Crippen LogP contribution in [-0.2, 0) is 12.8 Å². The number of hydrogen-bond acceptors (Lipinski definition) is 2. The molecule has 112 valence electrons. The van der Waals surface area contributed by atoms with Crippen LogP contribution >= 0.6 is 11.6 Å². The Morgan fingerprint density at radius 3 is 2.48 bits per heavy atom. The molecular weight excluding hydrogens is 287 g/mol. The second-order valence-corrected chi connectivity index (χ2v) is 5.52. The van der Waals surface area contributed by atoms with E-state index in [0.29, 0.717) is 17.0 Å². The number of nitrogens with two attached hydrogens (primary N) is 1. The zero-order valence-corrected chi connectivity index (χ0v) is 12.8. The van der Waals surface area contributed by atoms with Gasteiger partial charge in [0.2, 0.25) is 0 Å². The Morgan fingerprint density at radius 1 is 1.19 bits per heavy atom. The van der Waals surface area contributed by atoms with Crippen molar-refractivity contribution in [3.63, 3.8) is 0 Å². The van der Waals surface area contributed by atoms with Crippen LogP contribution in [0, 0.1) is 5.82 Å². The SMILES string of the molecule is CCCc1ccc(C(Cc2c(F)cccc2Cl)NN)cc1. The summed E-state index contributed by atoms with van der Waals surface area (Å²) in [4.78, 5) is 0. The minimum atomic E-state index is -0.301. The lowest BCUT2D eigenvalue weighted by atomic mass is 9.97. The Balaban J connectivity index is 2.19. The van der Waals surface area contributed by atoms with Crippen molar-refractivity contribution in [3.05, 3.63) is 70.0 Å². The third-order valence-corrected chi connectivity index (χ3v) is 3.95. The van der Waals surface area contributed by atoms with Gasteiger partial charge in [-0.3, -0.25) is 11.3 Å². The largest absolute Gasteiger partial charge is 0.271 e. The van der Waals surface area contributed by atoms with Crippen molar-refractivity contribution in [2.75, 3.05) is 0 Å². The molecule has 2 rings (SSSR count). The molecule has 1 unspecified atom stereocenters. The minimum Gasteiger partial charge on any atom is -0.271 e. The van der Waals surface area contributed by atoms with E-state index in [0.717, 1.165) is 18.4 Å². The molecule has 0 saturated heterocycles. The lowest BCUT2D eigenvalue weighted by Gasteiger charge is -2.18. The van der Waals surface area contributed by atoms with Crippen molar-refractivity contribution >= 4 is 11.6 Å². The second kappa shape index (κ2) is 7.55. The Hall–Kier alpha value is -1.42. The predicted octanol–water partition coefficient (Wildman–Crippen LogP) is 4.18. The number of benzene rings is 2. The molecule has 0 bridgehead atoms. The fraction of sp³-hybridized carbons (Fsp3) is 0.294. The predicted molar refractivity (Wildman–Crippen MR) is 85.6 cm³/mol. The molecule has 2 aromatic rings. The van der Waals surface area contributed by atoms with E-state index in [1.165, 1.54) is 11.6 Å². The molecule has 0 aliphatic carbocycles. The van der Waals surface area contributed by atoms with Crippen LogP contribution in [0.3, 0.4) is 0 Å². The zero-order chi connectivity index (χ0) is 15.2. The van der Waals surface area contributed by atoms with E-state index < -0.39 is 0 Å². The van der Waals surface area contributed by atoms with Gasteiger partial charge in [0.25, 0.3) is 0 Å². The average molecular weight is 307 g/mol. The Labute approximate surface area is 130 Å². The minimum absolute atomic E-state index is 0.171. The summed E-state index contributed by atoms with van der Waals surface area (Å²) in [5.74, 6) is 5.33. The third kappa shape index (κ3) is 4.03. The van der Waals surface area contributed by atoms with Crippen LogP contribution in [-0.4, -0.2) is 0 Å². The Bertz CT molecular complexity index is 564. The number of aryl methyl sites for hydroxylation is 1. The van der Waals surface area contributed by atoms with Gasteiger partial charge in [0.1, 0.15) is 5.82 Å². The first-order valence-electron chi connectivity index (χ1n) is 7.13. The molecule has 4 heteroatoms. The molecule has 0 aromatic heterocycles. The van der Waals surface area contributed by atoms with Crippen molar-refractivity contribution in [2.45, 2.75) is 32.2 Å². The summed E-state index contributed by atoms with van der Waals surface area (Å²) < 4.78 is 13.9. The molecule has 0 saturated carbocycles. The summed E-state index contributed by atoms with van der Waals surface area (Å²) in [6.45, 7) is 2.15. The highest BCUT2D eigenvalue weighted by molar-refractivity contribution is 6.31. The highest BCUT2D eigenvalue weighted by Gasteiger charge is 2.15. The molecule has 0 fully saturated rings. The number of hydrogen-bond donors (Lipinski definition) is 2. The van der Waals surface area contributed by atoms with E-state index in [1.54, 1.807) is 12.1 Å². The fourth-order valence-corrected chi connectivity index (χ4v) is 2.65. The molecule has 0 heterocycles. The summed E-state index contributed by atoms with van der Waals surface area (Å²) in [5, 5.41) is 0.429. The lowest BCUT2D eigenvalue weighted by Crippen LogP contribution is -2.29. The van der Waals surface area contributed by atoms with Crippen molar-refractivity contribution in [1.82, 2.24) is 5.43 Å². The molecular formula is C17H20ClFN2. The molecule has 0 aliphatic heterocycles. The summed E-state index contributed by atoms with van der Waals surface area (Å²) in [6.07, 6.45) is 2.58. The highest BCUT2D eigenvalue weighted by Crippen LogP contribution is 2.25. The van der Waals surface area contributed by atoms with Crippen LogP contribution in [0.1, 0.15) is 36.1 Å².